The van der Waals surface area contributed by atoms with Gasteiger partial charge in [-0.1, -0.05) is 36.4 Å². The predicted octanol–water partition coefficient (Wildman–Crippen LogP) is 3.33. The van der Waals surface area contributed by atoms with Gasteiger partial charge >= 0.3 is 6.09 Å². The lowest BCUT2D eigenvalue weighted by Gasteiger charge is -2.27. The number of hydrogen-bond donors (Lipinski definition) is 2. The molecule has 2 amide bonds. The summed E-state index contributed by atoms with van der Waals surface area (Å²) in [5.74, 6) is 0.0226. The lowest BCUT2D eigenvalue weighted by atomic mass is 10.1. The first-order valence-corrected chi connectivity index (χ1v) is 10.1. The number of quaternary nitrogens is 1. The molecule has 0 atom stereocenters. The number of likely N-dealkylation sites (N-methyl/N-ethyl adjacent to an activating group) is 1. The van der Waals surface area contributed by atoms with Crippen LogP contribution in [0.3, 0.4) is 0 Å². The van der Waals surface area contributed by atoms with Gasteiger partial charge in [0.1, 0.15) is 0 Å². The molecule has 0 radical (unpaired) electrons. The van der Waals surface area contributed by atoms with Crippen molar-refractivity contribution in [2.75, 3.05) is 36.5 Å². The van der Waals surface area contributed by atoms with E-state index >= 15 is 0 Å². The van der Waals surface area contributed by atoms with Crippen LogP contribution in [0.1, 0.15) is 31.9 Å². The van der Waals surface area contributed by atoms with Gasteiger partial charge in [0.25, 0.3) is 5.91 Å². The maximum absolute atomic E-state index is 13.4. The Labute approximate surface area is 171 Å². The number of fused-ring (bicyclic) bond motifs is 2. The molecule has 0 spiro atoms. The Hall–Kier alpha value is -3.12. The number of benzene rings is 2. The van der Waals surface area contributed by atoms with E-state index in [1.165, 1.54) is 4.90 Å². The van der Waals surface area contributed by atoms with Crippen molar-refractivity contribution in [2.45, 2.75) is 20.8 Å². The Morgan fingerprint density at radius 1 is 0.966 bits per heavy atom. The summed E-state index contributed by atoms with van der Waals surface area (Å²) in [7, 11) is 0. The molecule has 0 aliphatic carbocycles. The molecule has 2 aromatic rings. The molecule has 1 heterocycles. The summed E-state index contributed by atoms with van der Waals surface area (Å²) in [6.07, 6.45) is 3.51. The lowest BCUT2D eigenvalue weighted by molar-refractivity contribution is -0.888. The van der Waals surface area contributed by atoms with E-state index in [-0.39, 0.29) is 5.91 Å². The number of carbonyl (C=O) groups excluding carboxylic acids is 2. The van der Waals surface area contributed by atoms with Crippen molar-refractivity contribution in [1.29, 1.82) is 0 Å². The van der Waals surface area contributed by atoms with Gasteiger partial charge in [0.15, 0.2) is 6.54 Å². The van der Waals surface area contributed by atoms with Crippen LogP contribution in [0.15, 0.2) is 42.5 Å². The number of hydrogen-bond acceptors (Lipinski definition) is 3. The topological polar surface area (TPSA) is 63.1 Å². The van der Waals surface area contributed by atoms with Crippen LogP contribution in [0.25, 0.3) is 12.2 Å². The molecule has 2 N–H and O–H groups in total. The van der Waals surface area contributed by atoms with Gasteiger partial charge in [0.05, 0.1) is 31.1 Å². The van der Waals surface area contributed by atoms with Crippen molar-refractivity contribution in [2.24, 2.45) is 0 Å². The van der Waals surface area contributed by atoms with Gasteiger partial charge in [-0.15, -0.1) is 0 Å². The predicted molar refractivity (Wildman–Crippen MR) is 117 cm³/mol. The summed E-state index contributed by atoms with van der Waals surface area (Å²) >= 11 is 0. The van der Waals surface area contributed by atoms with Gasteiger partial charge in [-0.25, -0.2) is 4.79 Å². The molecule has 6 nitrogen and oxygen atoms in total. The SMILES string of the molecule is CCOC(=O)Nc1ccc2c(c1)N(C(=O)C[NH+](CC)CC)c1ccccc1C=C2. The molecule has 0 aromatic heterocycles. The third-order valence-corrected chi connectivity index (χ3v) is 5.06. The molecule has 0 saturated carbocycles. The Morgan fingerprint density at radius 2 is 1.66 bits per heavy atom. The zero-order valence-electron chi connectivity index (χ0n) is 17.2. The van der Waals surface area contributed by atoms with Crippen LogP contribution in [0, 0.1) is 0 Å². The first-order valence-electron chi connectivity index (χ1n) is 10.1. The summed E-state index contributed by atoms with van der Waals surface area (Å²) in [5, 5.41) is 2.73. The number of nitrogens with one attached hydrogen (secondary N) is 2. The molecule has 3 rings (SSSR count). The average molecular weight is 394 g/mol. The summed E-state index contributed by atoms with van der Waals surface area (Å²) in [4.78, 5) is 28.2. The van der Waals surface area contributed by atoms with E-state index in [1.54, 1.807) is 11.8 Å². The van der Waals surface area contributed by atoms with E-state index in [4.69, 9.17) is 4.74 Å². The Bertz CT molecular complexity index is 919. The highest BCUT2D eigenvalue weighted by molar-refractivity contribution is 6.07. The van der Waals surface area contributed by atoms with Gasteiger partial charge in [-0.05, 0) is 50.1 Å². The molecule has 152 valence electrons. The second kappa shape index (κ2) is 9.39. The zero-order chi connectivity index (χ0) is 20.8. The molecule has 0 fully saturated rings. The highest BCUT2D eigenvalue weighted by Crippen LogP contribution is 2.37. The van der Waals surface area contributed by atoms with Crippen molar-refractivity contribution in [3.05, 3.63) is 53.6 Å². The van der Waals surface area contributed by atoms with E-state index in [0.29, 0.717) is 18.8 Å². The van der Waals surface area contributed by atoms with E-state index in [9.17, 15) is 9.59 Å². The minimum absolute atomic E-state index is 0.0226. The number of ether oxygens (including phenoxy) is 1. The van der Waals surface area contributed by atoms with Gasteiger partial charge in [0, 0.05) is 5.69 Å². The second-order valence-electron chi connectivity index (χ2n) is 6.87. The number of para-hydroxylation sites is 1. The van der Waals surface area contributed by atoms with Crippen molar-refractivity contribution >= 4 is 41.2 Å². The standard InChI is InChI=1S/C23H27N3O3/c1-4-25(5-2)16-22(27)26-20-10-8-7-9-17(20)11-12-18-13-14-19(15-21(18)26)24-23(28)29-6-3/h7-15H,4-6,16H2,1-3H3,(H,24,28)/p+1. The van der Waals surface area contributed by atoms with Crippen LogP contribution in [0.5, 0.6) is 0 Å². The smallest absolute Gasteiger partial charge is 0.411 e. The first-order chi connectivity index (χ1) is 14.1. The highest BCUT2D eigenvalue weighted by Gasteiger charge is 2.27. The normalized spacial score (nSPS) is 12.2. The zero-order valence-corrected chi connectivity index (χ0v) is 17.2. The lowest BCUT2D eigenvalue weighted by Crippen LogP contribution is -3.12. The maximum Gasteiger partial charge on any atom is 0.411 e. The average Bonchev–Trinajstić information content (AvgIpc) is 2.88. The quantitative estimate of drug-likeness (QED) is 0.790. The van der Waals surface area contributed by atoms with Crippen LogP contribution in [0.4, 0.5) is 21.9 Å². The van der Waals surface area contributed by atoms with Gasteiger partial charge in [-0.3, -0.25) is 15.0 Å². The van der Waals surface area contributed by atoms with Crippen molar-refractivity contribution in [3.8, 4) is 0 Å². The maximum atomic E-state index is 13.4. The third kappa shape index (κ3) is 4.66. The molecular formula is C23H28N3O3+. The number of rotatable bonds is 6. The summed E-state index contributed by atoms with van der Waals surface area (Å²) < 4.78 is 4.98. The van der Waals surface area contributed by atoms with Crippen LogP contribution < -0.4 is 15.1 Å². The fraction of sp³-hybridized carbons (Fsp3) is 0.304. The summed E-state index contributed by atoms with van der Waals surface area (Å²) in [5.41, 5.74) is 4.07. The van der Waals surface area contributed by atoms with Crippen molar-refractivity contribution in [1.82, 2.24) is 0 Å². The van der Waals surface area contributed by atoms with Crippen LogP contribution in [-0.4, -0.2) is 38.2 Å². The first kappa shape index (κ1) is 20.6. The van der Waals surface area contributed by atoms with Gasteiger partial charge < -0.3 is 9.64 Å². The molecule has 6 heteroatoms. The minimum atomic E-state index is -0.512. The molecule has 29 heavy (non-hydrogen) atoms. The Kier molecular flexibility index (Phi) is 6.67. The molecule has 1 aliphatic rings. The van der Waals surface area contributed by atoms with E-state index < -0.39 is 6.09 Å². The fourth-order valence-electron chi connectivity index (χ4n) is 3.44. The number of anilines is 3. The van der Waals surface area contributed by atoms with E-state index in [0.717, 1.165) is 35.6 Å². The molecule has 1 aliphatic heterocycles. The molecule has 2 aromatic carbocycles. The molecule has 0 saturated heterocycles. The monoisotopic (exact) mass is 394 g/mol. The van der Waals surface area contributed by atoms with E-state index in [1.807, 2.05) is 54.6 Å². The highest BCUT2D eigenvalue weighted by atomic mass is 16.5. The van der Waals surface area contributed by atoms with Crippen molar-refractivity contribution < 1.29 is 19.2 Å². The van der Waals surface area contributed by atoms with Crippen LogP contribution >= 0.6 is 0 Å². The van der Waals surface area contributed by atoms with Gasteiger partial charge in [-0.2, -0.15) is 0 Å². The third-order valence-electron chi connectivity index (χ3n) is 5.06. The number of amides is 2. The van der Waals surface area contributed by atoms with Crippen molar-refractivity contribution in [3.63, 3.8) is 0 Å². The number of nitrogens with zero attached hydrogens (tertiary/aromatic N) is 1. The summed E-state index contributed by atoms with van der Waals surface area (Å²) in [6, 6.07) is 13.4. The molecule has 0 bridgehead atoms. The van der Waals surface area contributed by atoms with Crippen LogP contribution in [-0.2, 0) is 9.53 Å². The Morgan fingerprint density at radius 3 is 2.34 bits per heavy atom. The van der Waals surface area contributed by atoms with Gasteiger partial charge in [0.2, 0.25) is 0 Å². The molecular weight excluding hydrogens is 366 g/mol. The minimum Gasteiger partial charge on any atom is -0.450 e. The second-order valence-corrected chi connectivity index (χ2v) is 6.87. The largest absolute Gasteiger partial charge is 0.450 e. The number of carbonyl (C=O) groups is 2. The summed E-state index contributed by atoms with van der Waals surface area (Å²) in [6.45, 7) is 8.38. The van der Waals surface area contributed by atoms with Crippen LogP contribution in [0.2, 0.25) is 0 Å². The molecule has 0 unspecified atom stereocenters. The van der Waals surface area contributed by atoms with E-state index in [2.05, 4.69) is 19.2 Å². The Balaban J connectivity index is 2.04. The fourth-order valence-corrected chi connectivity index (χ4v) is 3.44.